The predicted octanol–water partition coefficient (Wildman–Crippen LogP) is 4.31. The second-order valence-corrected chi connectivity index (χ2v) is 3.86. The van der Waals surface area contributed by atoms with Gasteiger partial charge in [0, 0.05) is 0 Å². The molecule has 0 heterocycles. The largest absolute Gasteiger partial charge is 0.0905 e. The average Bonchev–Trinajstić information content (AvgIpc) is 2.39. The first-order valence-electron chi connectivity index (χ1n) is 5.65. The maximum atomic E-state index is 4.20. The minimum Gasteiger partial charge on any atom is -0.0905 e. The minimum absolute atomic E-state index is 1.04. The van der Waals surface area contributed by atoms with Crippen LogP contribution in [0.5, 0.6) is 0 Å². The summed E-state index contributed by atoms with van der Waals surface area (Å²) in [4.78, 5) is 0. The zero-order valence-electron chi connectivity index (χ0n) is 9.61. The summed E-state index contributed by atoms with van der Waals surface area (Å²) in [6.07, 6.45) is 1.04. The van der Waals surface area contributed by atoms with Gasteiger partial charge in [-0.3, -0.25) is 0 Å². The van der Waals surface area contributed by atoms with E-state index in [1.54, 1.807) is 0 Å². The molecule has 0 fully saturated rings. The first kappa shape index (κ1) is 10.7. The number of hydrogen-bond acceptors (Lipinski definition) is 0. The lowest BCUT2D eigenvalue weighted by molar-refractivity contribution is 1.13. The zero-order valence-corrected chi connectivity index (χ0v) is 9.61. The van der Waals surface area contributed by atoms with E-state index in [1.165, 1.54) is 16.7 Å². The van der Waals surface area contributed by atoms with Crippen LogP contribution in [0.15, 0.2) is 61.2 Å². The molecular weight excluding hydrogens is 192 g/mol. The number of hydrogen-bond donors (Lipinski definition) is 0. The van der Waals surface area contributed by atoms with E-state index in [4.69, 9.17) is 0 Å². The van der Waals surface area contributed by atoms with Gasteiger partial charge in [0.2, 0.25) is 0 Å². The molecule has 16 heavy (non-hydrogen) atoms. The van der Waals surface area contributed by atoms with Crippen LogP contribution in [0.4, 0.5) is 0 Å². The molecule has 0 heteroatoms. The van der Waals surface area contributed by atoms with Gasteiger partial charge in [-0.1, -0.05) is 68.1 Å². The highest BCUT2D eigenvalue weighted by Gasteiger charge is 2.05. The molecule has 0 saturated heterocycles. The monoisotopic (exact) mass is 208 g/mol. The third kappa shape index (κ3) is 2.06. The quantitative estimate of drug-likeness (QED) is 0.705. The Balaban J connectivity index is 2.42. The summed E-state index contributed by atoms with van der Waals surface area (Å²) >= 11 is 0. The van der Waals surface area contributed by atoms with Crippen LogP contribution >= 0.6 is 0 Å². The Morgan fingerprint density at radius 3 is 2.25 bits per heavy atom. The second kappa shape index (κ2) is 4.80. The smallest absolute Gasteiger partial charge is 0.0152 e. The first-order chi connectivity index (χ1) is 7.83. The first-order valence-corrected chi connectivity index (χ1v) is 5.65. The number of rotatable bonds is 3. The van der Waals surface area contributed by atoms with Crippen molar-refractivity contribution >= 4 is 5.57 Å². The van der Waals surface area contributed by atoms with Crippen LogP contribution in [0.25, 0.3) is 5.57 Å². The van der Waals surface area contributed by atoms with Crippen molar-refractivity contribution < 1.29 is 0 Å². The number of aryl methyl sites for hydroxylation is 1. The van der Waals surface area contributed by atoms with E-state index in [2.05, 4.69) is 62.0 Å². The van der Waals surface area contributed by atoms with E-state index >= 15 is 0 Å². The Morgan fingerprint density at radius 1 is 0.938 bits per heavy atom. The molecule has 2 rings (SSSR count). The second-order valence-electron chi connectivity index (χ2n) is 3.86. The average molecular weight is 208 g/mol. The summed E-state index contributed by atoms with van der Waals surface area (Å²) < 4.78 is 0. The Morgan fingerprint density at radius 2 is 1.56 bits per heavy atom. The van der Waals surface area contributed by atoms with Crippen LogP contribution in [-0.2, 0) is 6.42 Å². The van der Waals surface area contributed by atoms with E-state index in [1.807, 2.05) is 6.07 Å². The van der Waals surface area contributed by atoms with Crippen molar-refractivity contribution in [3.05, 3.63) is 77.9 Å². The molecule has 0 unspecified atom stereocenters. The molecule has 0 saturated carbocycles. The molecule has 80 valence electrons. The van der Waals surface area contributed by atoms with Crippen LogP contribution in [0.2, 0.25) is 0 Å². The molecule has 0 aliphatic carbocycles. The molecule has 0 bridgehead atoms. The van der Waals surface area contributed by atoms with E-state index in [0.717, 1.165) is 12.0 Å². The van der Waals surface area contributed by atoms with Crippen molar-refractivity contribution in [2.75, 3.05) is 0 Å². The van der Waals surface area contributed by atoms with Crippen LogP contribution in [0.3, 0.4) is 0 Å². The molecule has 0 radical (unpaired) electrons. The summed E-state index contributed by atoms with van der Waals surface area (Å²) in [6, 6.07) is 18.8. The molecule has 0 atom stereocenters. The highest BCUT2D eigenvalue weighted by Crippen LogP contribution is 2.24. The molecule has 0 N–H and O–H groups in total. The molecule has 0 aromatic heterocycles. The maximum absolute atomic E-state index is 4.20. The Kier molecular flexibility index (Phi) is 3.21. The van der Waals surface area contributed by atoms with Gasteiger partial charge in [-0.05, 0) is 28.7 Å². The fourth-order valence-corrected chi connectivity index (χ4v) is 1.92. The van der Waals surface area contributed by atoms with Crippen molar-refractivity contribution in [3.63, 3.8) is 0 Å². The van der Waals surface area contributed by atoms with E-state index in [9.17, 15) is 0 Å². The summed E-state index contributed by atoms with van der Waals surface area (Å²) in [6.45, 7) is 6.38. The van der Waals surface area contributed by atoms with Crippen molar-refractivity contribution in [2.45, 2.75) is 13.3 Å². The van der Waals surface area contributed by atoms with Crippen LogP contribution in [-0.4, -0.2) is 0 Å². The molecule has 0 amide bonds. The normalized spacial score (nSPS) is 10.1. The van der Waals surface area contributed by atoms with Crippen molar-refractivity contribution in [2.24, 2.45) is 0 Å². The van der Waals surface area contributed by atoms with Crippen LogP contribution < -0.4 is 0 Å². The van der Waals surface area contributed by atoms with E-state index in [-0.39, 0.29) is 0 Å². The molecule has 2 aromatic carbocycles. The lowest BCUT2D eigenvalue weighted by atomic mass is 9.94. The van der Waals surface area contributed by atoms with Gasteiger partial charge < -0.3 is 0 Å². The third-order valence-electron chi connectivity index (χ3n) is 2.85. The Hall–Kier alpha value is -1.82. The molecule has 0 spiro atoms. The fourth-order valence-electron chi connectivity index (χ4n) is 1.92. The van der Waals surface area contributed by atoms with Gasteiger partial charge in [0.25, 0.3) is 0 Å². The van der Waals surface area contributed by atoms with Crippen LogP contribution in [0.1, 0.15) is 23.6 Å². The van der Waals surface area contributed by atoms with Gasteiger partial charge in [0.05, 0.1) is 0 Å². The molecule has 0 aliphatic rings. The van der Waals surface area contributed by atoms with Gasteiger partial charge in [-0.25, -0.2) is 0 Å². The zero-order chi connectivity index (χ0) is 11.4. The van der Waals surface area contributed by atoms with Crippen molar-refractivity contribution in [1.29, 1.82) is 0 Å². The molecule has 2 aromatic rings. The highest BCUT2D eigenvalue weighted by molar-refractivity contribution is 5.79. The van der Waals surface area contributed by atoms with Crippen molar-refractivity contribution in [3.8, 4) is 0 Å². The number of benzene rings is 2. The SMILES string of the molecule is C=C(c1ccccc1)c1ccccc1CC. The van der Waals surface area contributed by atoms with Gasteiger partial charge in [-0.2, -0.15) is 0 Å². The van der Waals surface area contributed by atoms with Crippen molar-refractivity contribution in [1.82, 2.24) is 0 Å². The summed E-state index contributed by atoms with van der Waals surface area (Å²) in [7, 11) is 0. The standard InChI is InChI=1S/C16H16/c1-3-14-9-7-8-12-16(14)13(2)15-10-5-4-6-11-15/h4-12H,2-3H2,1H3. The maximum Gasteiger partial charge on any atom is -0.0152 e. The summed E-state index contributed by atoms with van der Waals surface area (Å²) in [5.74, 6) is 0. The van der Waals surface area contributed by atoms with Gasteiger partial charge in [0.15, 0.2) is 0 Å². The van der Waals surface area contributed by atoms with Gasteiger partial charge in [0.1, 0.15) is 0 Å². The lowest BCUT2D eigenvalue weighted by Crippen LogP contribution is -1.92. The van der Waals surface area contributed by atoms with E-state index < -0.39 is 0 Å². The van der Waals surface area contributed by atoms with Gasteiger partial charge >= 0.3 is 0 Å². The van der Waals surface area contributed by atoms with Gasteiger partial charge in [-0.15, -0.1) is 0 Å². The molecular formula is C16H16. The third-order valence-corrected chi connectivity index (χ3v) is 2.85. The van der Waals surface area contributed by atoms with E-state index in [0.29, 0.717) is 0 Å². The summed E-state index contributed by atoms with van der Waals surface area (Å²) in [5, 5.41) is 0. The topological polar surface area (TPSA) is 0 Å². The van der Waals surface area contributed by atoms with Crippen LogP contribution in [0, 0.1) is 0 Å². The lowest BCUT2D eigenvalue weighted by Gasteiger charge is -2.10. The molecule has 0 nitrogen and oxygen atoms in total. The predicted molar refractivity (Wildman–Crippen MR) is 70.4 cm³/mol. The Labute approximate surface area is 97.3 Å². The minimum atomic E-state index is 1.04. The fraction of sp³-hybridized carbons (Fsp3) is 0.125. The molecule has 0 aliphatic heterocycles. The Bertz CT molecular complexity index is 480. The summed E-state index contributed by atoms with van der Waals surface area (Å²) in [5.41, 5.74) is 4.93. The highest BCUT2D eigenvalue weighted by atomic mass is 14.1.